The third kappa shape index (κ3) is 45.3. The molecule has 0 saturated heterocycles. The number of quaternary nitrogens is 1. The second-order valence-corrected chi connectivity index (χ2v) is 18.2. The van der Waals surface area contributed by atoms with Gasteiger partial charge in [-0.05, 0) is 57.8 Å². The maximum Gasteiger partial charge on any atom is 0.306 e. The average molecular weight is 836 g/mol. The molecule has 0 aliphatic carbocycles. The lowest BCUT2D eigenvalue weighted by Gasteiger charge is -2.28. The number of phosphoric ester groups is 1. The fraction of sp³-hybridized carbons (Fsp3) is 0.776. The summed E-state index contributed by atoms with van der Waals surface area (Å²) in [5.74, 6) is -0.345. The molecular weight excluding hydrogens is 746 g/mol. The second kappa shape index (κ2) is 41.9. The molecule has 2 unspecified atom stereocenters. The van der Waals surface area contributed by atoms with E-state index >= 15 is 0 Å². The summed E-state index contributed by atoms with van der Waals surface area (Å²) in [5.41, 5.74) is 0. The SMILES string of the molecule is CC/C=C\C/C=C\C/C=C\C/C=C\C/C=C\CCCCCCCCCC(=O)OC(COCCCCCCCCCCCCCCC)COP(=O)([O-])OCC[N+](C)(C)C. The first kappa shape index (κ1) is 56.2. The van der Waals surface area contributed by atoms with Crippen LogP contribution in [0.4, 0.5) is 0 Å². The molecule has 0 aliphatic rings. The summed E-state index contributed by atoms with van der Waals surface area (Å²) in [6.07, 6.45) is 52.3. The van der Waals surface area contributed by atoms with Crippen molar-refractivity contribution in [3.05, 3.63) is 60.8 Å². The lowest BCUT2D eigenvalue weighted by atomic mass is 10.0. The van der Waals surface area contributed by atoms with E-state index in [1.807, 2.05) is 21.1 Å². The van der Waals surface area contributed by atoms with Crippen molar-refractivity contribution >= 4 is 13.8 Å². The largest absolute Gasteiger partial charge is 0.756 e. The Balaban J connectivity index is 4.20. The zero-order valence-corrected chi connectivity index (χ0v) is 39.1. The monoisotopic (exact) mass is 836 g/mol. The van der Waals surface area contributed by atoms with Gasteiger partial charge in [0.15, 0.2) is 0 Å². The van der Waals surface area contributed by atoms with Gasteiger partial charge in [-0.1, -0.05) is 184 Å². The molecule has 0 aliphatic heterocycles. The molecule has 58 heavy (non-hydrogen) atoms. The second-order valence-electron chi connectivity index (χ2n) is 16.7. The molecule has 0 aromatic heterocycles. The van der Waals surface area contributed by atoms with Crippen LogP contribution in [0.3, 0.4) is 0 Å². The molecule has 0 heterocycles. The van der Waals surface area contributed by atoms with Gasteiger partial charge in [-0.3, -0.25) is 9.36 Å². The molecule has 0 spiro atoms. The molecule has 9 heteroatoms. The normalized spacial score (nSPS) is 14.2. The first-order valence-electron chi connectivity index (χ1n) is 23.5. The Morgan fingerprint density at radius 3 is 1.50 bits per heavy atom. The number of carbonyl (C=O) groups is 1. The van der Waals surface area contributed by atoms with Crippen molar-refractivity contribution in [1.29, 1.82) is 0 Å². The number of allylic oxidation sites excluding steroid dienone is 10. The molecule has 0 aromatic carbocycles. The van der Waals surface area contributed by atoms with Gasteiger partial charge >= 0.3 is 5.97 Å². The van der Waals surface area contributed by atoms with Crippen LogP contribution in [0.2, 0.25) is 0 Å². The summed E-state index contributed by atoms with van der Waals surface area (Å²) < 4.78 is 34.6. The van der Waals surface area contributed by atoms with Crippen LogP contribution in [0.15, 0.2) is 60.8 Å². The lowest BCUT2D eigenvalue weighted by molar-refractivity contribution is -0.870. The summed E-state index contributed by atoms with van der Waals surface area (Å²) in [6.45, 7) is 5.29. The average Bonchev–Trinajstić information content (AvgIpc) is 3.18. The minimum atomic E-state index is -4.53. The molecule has 0 radical (unpaired) electrons. The van der Waals surface area contributed by atoms with Crippen LogP contribution in [0.5, 0.6) is 0 Å². The summed E-state index contributed by atoms with van der Waals surface area (Å²) in [6, 6.07) is 0. The molecule has 0 bridgehead atoms. The maximum atomic E-state index is 12.7. The molecule has 0 N–H and O–H groups in total. The molecular formula is C49H90NO7P. The van der Waals surface area contributed by atoms with E-state index in [0.717, 1.165) is 77.0 Å². The number of hydrogen-bond donors (Lipinski definition) is 0. The number of carbonyl (C=O) groups excluding carboxylic acids is 1. The summed E-state index contributed by atoms with van der Waals surface area (Å²) in [4.78, 5) is 25.1. The van der Waals surface area contributed by atoms with Crippen LogP contribution < -0.4 is 4.89 Å². The van der Waals surface area contributed by atoms with Crippen LogP contribution in [0.1, 0.15) is 187 Å². The predicted molar refractivity (Wildman–Crippen MR) is 245 cm³/mol. The number of unbranched alkanes of at least 4 members (excludes halogenated alkanes) is 19. The van der Waals surface area contributed by atoms with Crippen LogP contribution in [0.25, 0.3) is 0 Å². The Morgan fingerprint density at radius 1 is 0.552 bits per heavy atom. The Labute approximate surface area is 358 Å². The van der Waals surface area contributed by atoms with Crippen molar-refractivity contribution in [3.8, 4) is 0 Å². The van der Waals surface area contributed by atoms with Crippen LogP contribution in [0, 0.1) is 0 Å². The molecule has 338 valence electrons. The van der Waals surface area contributed by atoms with Gasteiger partial charge in [0.1, 0.15) is 19.3 Å². The first-order valence-corrected chi connectivity index (χ1v) is 25.0. The van der Waals surface area contributed by atoms with E-state index in [1.54, 1.807) is 0 Å². The molecule has 0 aromatic rings. The molecule has 0 saturated carbocycles. The van der Waals surface area contributed by atoms with Crippen LogP contribution in [-0.2, 0) is 27.9 Å². The van der Waals surface area contributed by atoms with Gasteiger partial charge in [0.05, 0.1) is 34.4 Å². The zero-order valence-electron chi connectivity index (χ0n) is 38.2. The topological polar surface area (TPSA) is 94.1 Å². The zero-order chi connectivity index (χ0) is 42.7. The number of phosphoric acid groups is 1. The Hall–Kier alpha value is -1.80. The highest BCUT2D eigenvalue weighted by Gasteiger charge is 2.20. The Kier molecular flexibility index (Phi) is 40.6. The Morgan fingerprint density at radius 2 is 1.00 bits per heavy atom. The number of likely N-dealkylation sites (N-methyl/N-ethyl adjacent to an activating group) is 1. The van der Waals surface area contributed by atoms with E-state index in [4.69, 9.17) is 18.5 Å². The molecule has 2 atom stereocenters. The number of ether oxygens (including phenoxy) is 2. The van der Waals surface area contributed by atoms with Crippen LogP contribution in [-0.4, -0.2) is 70.7 Å². The van der Waals surface area contributed by atoms with E-state index < -0.39 is 13.9 Å². The summed E-state index contributed by atoms with van der Waals surface area (Å²) >= 11 is 0. The van der Waals surface area contributed by atoms with E-state index in [0.29, 0.717) is 24.1 Å². The van der Waals surface area contributed by atoms with Crippen molar-refractivity contribution in [2.45, 2.75) is 193 Å². The smallest absolute Gasteiger partial charge is 0.306 e. The quantitative estimate of drug-likeness (QED) is 0.0198. The number of esters is 1. The minimum absolute atomic E-state index is 0.0224. The highest BCUT2D eigenvalue weighted by molar-refractivity contribution is 7.45. The fourth-order valence-corrected chi connectivity index (χ4v) is 6.95. The van der Waals surface area contributed by atoms with E-state index in [1.165, 1.54) is 89.9 Å². The Bertz CT molecular complexity index is 1110. The van der Waals surface area contributed by atoms with Gasteiger partial charge in [0, 0.05) is 13.0 Å². The standard InChI is InChI=1S/C49H90NO7P/c1-6-8-10-12-14-16-18-20-21-22-23-24-25-26-27-28-29-30-32-34-36-38-40-42-49(51)57-48(47-56-58(52,53)55-45-43-50(3,4)5)46-54-44-41-39-37-35-33-31-19-17-15-13-11-9-7-2/h8,10,14,16,20-21,23-24,26-27,48H,6-7,9,11-13,15,17-19,22,25,28-47H2,1-5H3/b10-8-,16-14-,21-20-,24-23-,27-26-. The third-order valence-electron chi connectivity index (χ3n) is 9.83. The summed E-state index contributed by atoms with van der Waals surface area (Å²) in [5, 5.41) is 0. The van der Waals surface area contributed by atoms with E-state index in [9.17, 15) is 14.3 Å². The molecule has 0 rings (SSSR count). The van der Waals surface area contributed by atoms with Gasteiger partial charge in [0.25, 0.3) is 7.82 Å². The highest BCUT2D eigenvalue weighted by Crippen LogP contribution is 2.38. The first-order chi connectivity index (χ1) is 28.1. The van der Waals surface area contributed by atoms with Gasteiger partial charge in [-0.2, -0.15) is 0 Å². The number of nitrogens with zero attached hydrogens (tertiary/aromatic N) is 1. The minimum Gasteiger partial charge on any atom is -0.756 e. The maximum absolute atomic E-state index is 12.7. The molecule has 0 amide bonds. The predicted octanol–water partition coefficient (Wildman–Crippen LogP) is 13.5. The van der Waals surface area contributed by atoms with Crippen molar-refractivity contribution in [3.63, 3.8) is 0 Å². The van der Waals surface area contributed by atoms with E-state index in [2.05, 4.69) is 74.6 Å². The van der Waals surface area contributed by atoms with Gasteiger partial charge < -0.3 is 27.9 Å². The van der Waals surface area contributed by atoms with Crippen molar-refractivity contribution < 1.29 is 37.3 Å². The number of rotatable bonds is 43. The lowest BCUT2D eigenvalue weighted by Crippen LogP contribution is -2.37. The van der Waals surface area contributed by atoms with Gasteiger partial charge in [-0.15, -0.1) is 0 Å². The third-order valence-corrected chi connectivity index (χ3v) is 10.8. The highest BCUT2D eigenvalue weighted by atomic mass is 31.2. The van der Waals surface area contributed by atoms with Gasteiger partial charge in [0.2, 0.25) is 0 Å². The van der Waals surface area contributed by atoms with Crippen molar-refractivity contribution in [2.24, 2.45) is 0 Å². The fourth-order valence-electron chi connectivity index (χ4n) is 6.22. The van der Waals surface area contributed by atoms with Crippen molar-refractivity contribution in [2.75, 3.05) is 54.1 Å². The number of hydrogen-bond acceptors (Lipinski definition) is 7. The molecule has 8 nitrogen and oxygen atoms in total. The molecule has 0 fully saturated rings. The van der Waals surface area contributed by atoms with Gasteiger partial charge in [-0.25, -0.2) is 0 Å². The van der Waals surface area contributed by atoms with Crippen LogP contribution >= 0.6 is 7.82 Å². The summed E-state index contributed by atoms with van der Waals surface area (Å²) in [7, 11) is 1.34. The van der Waals surface area contributed by atoms with Crippen molar-refractivity contribution in [1.82, 2.24) is 0 Å². The van der Waals surface area contributed by atoms with E-state index in [-0.39, 0.29) is 25.8 Å².